The number of ether oxygens (including phenoxy) is 2. The Kier molecular flexibility index (Phi) is 5.07. The monoisotopic (exact) mass is 229 g/mol. The summed E-state index contributed by atoms with van der Waals surface area (Å²) in [5.74, 6) is 0.601. The minimum Gasteiger partial charge on any atom is -0.491 e. The van der Waals surface area contributed by atoms with Crippen molar-refractivity contribution < 1.29 is 14.3 Å². The molecule has 0 aliphatic carbocycles. The molecule has 0 fully saturated rings. The van der Waals surface area contributed by atoms with Crippen LogP contribution in [0.5, 0.6) is 5.75 Å². The maximum Gasteiger partial charge on any atom is 0.133 e. The van der Waals surface area contributed by atoms with Crippen molar-refractivity contribution in [2.75, 3.05) is 20.3 Å². The molecule has 0 radical (unpaired) electrons. The van der Waals surface area contributed by atoms with Gasteiger partial charge in [0.05, 0.1) is 12.3 Å². The molecule has 0 unspecified atom stereocenters. The molecule has 0 aromatic carbocycles. The fraction of sp³-hybridized carbons (Fsp3) is 0.400. The molecule has 0 saturated carbocycles. The highest BCUT2D eigenvalue weighted by molar-refractivity contribution is 6.29. The first kappa shape index (κ1) is 11.9. The molecule has 1 aromatic heterocycles. The zero-order chi connectivity index (χ0) is 11.1. The summed E-state index contributed by atoms with van der Waals surface area (Å²) in [5, 5.41) is 0.321. The number of aldehydes is 1. The van der Waals surface area contributed by atoms with E-state index in [1.807, 2.05) is 0 Å². The number of rotatable bonds is 6. The van der Waals surface area contributed by atoms with Gasteiger partial charge in [0.1, 0.15) is 23.8 Å². The quantitative estimate of drug-likeness (QED) is 0.421. The predicted molar refractivity (Wildman–Crippen MR) is 56.4 cm³/mol. The zero-order valence-corrected chi connectivity index (χ0v) is 9.16. The van der Waals surface area contributed by atoms with Gasteiger partial charge < -0.3 is 14.3 Å². The van der Waals surface area contributed by atoms with Crippen molar-refractivity contribution in [1.82, 2.24) is 4.98 Å². The molecule has 1 aromatic rings. The van der Waals surface area contributed by atoms with Crippen molar-refractivity contribution in [1.29, 1.82) is 0 Å². The van der Waals surface area contributed by atoms with Gasteiger partial charge in [-0.3, -0.25) is 0 Å². The first-order valence-corrected chi connectivity index (χ1v) is 4.86. The van der Waals surface area contributed by atoms with Crippen LogP contribution in [0.3, 0.4) is 0 Å². The molecule has 0 amide bonds. The highest BCUT2D eigenvalue weighted by Gasteiger charge is 2.01. The Bertz CT molecular complexity index is 330. The molecule has 1 rings (SSSR count). The topological polar surface area (TPSA) is 48.4 Å². The minimum absolute atomic E-state index is 0.237. The summed E-state index contributed by atoms with van der Waals surface area (Å²) in [4.78, 5) is 14.3. The minimum atomic E-state index is 0.237. The van der Waals surface area contributed by atoms with E-state index in [-0.39, 0.29) is 6.42 Å². The van der Waals surface area contributed by atoms with E-state index >= 15 is 0 Å². The number of pyridine rings is 1. The summed E-state index contributed by atoms with van der Waals surface area (Å²) in [6.07, 6.45) is 1.01. The first-order valence-electron chi connectivity index (χ1n) is 4.48. The van der Waals surface area contributed by atoms with Gasteiger partial charge in [0.2, 0.25) is 0 Å². The number of hydrogen-bond donors (Lipinski definition) is 0. The van der Waals surface area contributed by atoms with Gasteiger partial charge in [-0.1, -0.05) is 11.6 Å². The van der Waals surface area contributed by atoms with Gasteiger partial charge in [0, 0.05) is 25.7 Å². The van der Waals surface area contributed by atoms with Crippen molar-refractivity contribution in [3.8, 4) is 5.75 Å². The van der Waals surface area contributed by atoms with Crippen LogP contribution in [0.1, 0.15) is 5.69 Å². The van der Waals surface area contributed by atoms with Crippen LogP contribution in [0, 0.1) is 0 Å². The lowest BCUT2D eigenvalue weighted by atomic mass is 10.3. The third-order valence-electron chi connectivity index (χ3n) is 1.67. The number of hydrogen-bond acceptors (Lipinski definition) is 4. The van der Waals surface area contributed by atoms with Crippen LogP contribution in [0.2, 0.25) is 5.15 Å². The second-order valence-electron chi connectivity index (χ2n) is 2.83. The molecule has 82 valence electrons. The van der Waals surface area contributed by atoms with Crippen LogP contribution < -0.4 is 4.74 Å². The number of methoxy groups -OCH3 is 1. The molecule has 15 heavy (non-hydrogen) atoms. The number of carbonyl (C=O) groups excluding carboxylic acids is 1. The van der Waals surface area contributed by atoms with E-state index in [0.29, 0.717) is 29.8 Å². The predicted octanol–water partition coefficient (Wildman–Crippen LogP) is 1.50. The number of nitrogens with zero attached hydrogens (tertiary/aromatic N) is 1. The molecule has 0 aliphatic rings. The Balaban J connectivity index is 2.65. The molecule has 0 aliphatic heterocycles. The van der Waals surface area contributed by atoms with E-state index in [4.69, 9.17) is 21.1 Å². The van der Waals surface area contributed by atoms with E-state index in [0.717, 1.165) is 6.29 Å². The van der Waals surface area contributed by atoms with Crippen LogP contribution in [0.4, 0.5) is 0 Å². The maximum atomic E-state index is 10.3. The van der Waals surface area contributed by atoms with Crippen LogP contribution >= 0.6 is 11.6 Å². The normalized spacial score (nSPS) is 10.0. The van der Waals surface area contributed by atoms with Gasteiger partial charge >= 0.3 is 0 Å². The Labute approximate surface area is 93.2 Å². The zero-order valence-electron chi connectivity index (χ0n) is 8.40. The number of carbonyl (C=O) groups is 1. The maximum absolute atomic E-state index is 10.3. The van der Waals surface area contributed by atoms with Gasteiger partial charge in [-0.2, -0.15) is 0 Å². The van der Waals surface area contributed by atoms with Crippen LogP contribution in [-0.2, 0) is 16.0 Å². The average molecular weight is 230 g/mol. The molecule has 5 heteroatoms. The van der Waals surface area contributed by atoms with Gasteiger partial charge in [-0.25, -0.2) is 4.98 Å². The molecule has 0 spiro atoms. The molecule has 4 nitrogen and oxygen atoms in total. The number of halogens is 1. The number of aromatic nitrogens is 1. The van der Waals surface area contributed by atoms with Crippen molar-refractivity contribution in [2.45, 2.75) is 6.42 Å². The van der Waals surface area contributed by atoms with Crippen LogP contribution in [0.25, 0.3) is 0 Å². The highest BCUT2D eigenvalue weighted by Crippen LogP contribution is 2.17. The summed E-state index contributed by atoms with van der Waals surface area (Å²) in [5.41, 5.74) is 0.602. The third kappa shape index (κ3) is 4.27. The molecule has 1 heterocycles. The van der Waals surface area contributed by atoms with E-state index in [1.165, 1.54) is 0 Å². The Morgan fingerprint density at radius 2 is 2.27 bits per heavy atom. The average Bonchev–Trinajstić information content (AvgIpc) is 2.18. The van der Waals surface area contributed by atoms with Crippen molar-refractivity contribution >= 4 is 17.9 Å². The Hall–Kier alpha value is -1.13. The van der Waals surface area contributed by atoms with Crippen molar-refractivity contribution in [3.05, 3.63) is 23.0 Å². The second-order valence-corrected chi connectivity index (χ2v) is 3.22. The lowest BCUT2D eigenvalue weighted by Gasteiger charge is -2.06. The van der Waals surface area contributed by atoms with Crippen molar-refractivity contribution in [3.63, 3.8) is 0 Å². The first-order chi connectivity index (χ1) is 7.26. The Morgan fingerprint density at radius 1 is 1.47 bits per heavy atom. The largest absolute Gasteiger partial charge is 0.491 e. The summed E-state index contributed by atoms with van der Waals surface area (Å²) >= 11 is 5.76. The fourth-order valence-electron chi connectivity index (χ4n) is 1.04. The standard InChI is InChI=1S/C10H12ClNO3/c1-14-4-5-15-9-6-8(2-3-13)12-10(11)7-9/h3,6-7H,2,4-5H2,1H3. The third-order valence-corrected chi connectivity index (χ3v) is 1.86. The fourth-order valence-corrected chi connectivity index (χ4v) is 1.26. The summed E-state index contributed by atoms with van der Waals surface area (Å²) < 4.78 is 10.2. The molecule has 0 N–H and O–H groups in total. The van der Waals surface area contributed by atoms with Crippen LogP contribution in [0.15, 0.2) is 12.1 Å². The van der Waals surface area contributed by atoms with Gasteiger partial charge in [-0.05, 0) is 0 Å². The summed E-state index contributed by atoms with van der Waals surface area (Å²) in [6.45, 7) is 0.945. The lowest BCUT2D eigenvalue weighted by Crippen LogP contribution is -2.05. The highest BCUT2D eigenvalue weighted by atomic mass is 35.5. The molecular weight excluding hydrogens is 218 g/mol. The summed E-state index contributed by atoms with van der Waals surface area (Å²) in [6, 6.07) is 3.29. The molecule has 0 atom stereocenters. The van der Waals surface area contributed by atoms with Gasteiger partial charge in [0.15, 0.2) is 0 Å². The van der Waals surface area contributed by atoms with E-state index < -0.39 is 0 Å². The smallest absolute Gasteiger partial charge is 0.133 e. The lowest BCUT2D eigenvalue weighted by molar-refractivity contribution is -0.107. The SMILES string of the molecule is COCCOc1cc(Cl)nc(CC=O)c1. The van der Waals surface area contributed by atoms with E-state index in [2.05, 4.69) is 4.98 Å². The van der Waals surface area contributed by atoms with E-state index in [1.54, 1.807) is 19.2 Å². The van der Waals surface area contributed by atoms with E-state index in [9.17, 15) is 4.79 Å². The van der Waals surface area contributed by atoms with Gasteiger partial charge in [0.25, 0.3) is 0 Å². The molecule has 0 saturated heterocycles. The second kappa shape index (κ2) is 6.37. The summed E-state index contributed by atoms with van der Waals surface area (Å²) in [7, 11) is 1.60. The van der Waals surface area contributed by atoms with Crippen LogP contribution in [-0.4, -0.2) is 31.6 Å². The van der Waals surface area contributed by atoms with Gasteiger partial charge in [-0.15, -0.1) is 0 Å². The molecular formula is C10H12ClNO3. The Morgan fingerprint density at radius 3 is 2.93 bits per heavy atom. The molecule has 0 bridgehead atoms. The van der Waals surface area contributed by atoms with Crippen molar-refractivity contribution in [2.24, 2.45) is 0 Å².